The first-order chi connectivity index (χ1) is 11.5. The van der Waals surface area contributed by atoms with E-state index in [1.807, 2.05) is 24.4 Å². The van der Waals surface area contributed by atoms with Gasteiger partial charge in [0.25, 0.3) is 5.89 Å². The lowest BCUT2D eigenvalue weighted by Crippen LogP contribution is -2.24. The standard InChI is InChI=1S/C18H19N3O2S/c1-11-4-5-14(8-13(11)3)10-19-15(22)9-16-20-21-18(23-16)17-12(2)6-7-24-17/h4-8H,9-10H2,1-3H3,(H,19,22). The minimum atomic E-state index is -0.133. The highest BCUT2D eigenvalue weighted by Crippen LogP contribution is 2.27. The van der Waals surface area contributed by atoms with Crippen molar-refractivity contribution in [2.24, 2.45) is 0 Å². The van der Waals surface area contributed by atoms with E-state index in [0.717, 1.165) is 16.0 Å². The number of carbonyl (C=O) groups is 1. The third kappa shape index (κ3) is 3.71. The van der Waals surface area contributed by atoms with Gasteiger partial charge in [0.1, 0.15) is 6.42 Å². The molecule has 0 saturated carbocycles. The number of carbonyl (C=O) groups excluding carboxylic acids is 1. The average Bonchev–Trinajstić information content (AvgIpc) is 3.17. The lowest BCUT2D eigenvalue weighted by Gasteiger charge is -2.06. The lowest BCUT2D eigenvalue weighted by molar-refractivity contribution is -0.120. The second-order valence-electron chi connectivity index (χ2n) is 5.81. The largest absolute Gasteiger partial charge is 0.419 e. The molecule has 2 aromatic heterocycles. The van der Waals surface area contributed by atoms with Crippen molar-refractivity contribution in [3.05, 3.63) is 57.8 Å². The maximum atomic E-state index is 12.1. The molecule has 3 aromatic rings. The molecule has 124 valence electrons. The zero-order valence-electron chi connectivity index (χ0n) is 13.9. The number of benzene rings is 1. The van der Waals surface area contributed by atoms with Gasteiger partial charge in [-0.05, 0) is 54.5 Å². The molecule has 0 radical (unpaired) electrons. The summed E-state index contributed by atoms with van der Waals surface area (Å²) in [5, 5.41) is 12.9. The topological polar surface area (TPSA) is 68.0 Å². The van der Waals surface area contributed by atoms with Crippen LogP contribution in [0.2, 0.25) is 0 Å². The maximum absolute atomic E-state index is 12.1. The molecule has 0 saturated heterocycles. The molecule has 0 atom stereocenters. The van der Waals surface area contributed by atoms with Crippen LogP contribution in [0.4, 0.5) is 0 Å². The summed E-state index contributed by atoms with van der Waals surface area (Å²) in [6.07, 6.45) is 0.0856. The Balaban J connectivity index is 1.58. The summed E-state index contributed by atoms with van der Waals surface area (Å²) in [6, 6.07) is 8.16. The molecule has 0 spiro atoms. The van der Waals surface area contributed by atoms with E-state index in [1.54, 1.807) is 11.3 Å². The summed E-state index contributed by atoms with van der Waals surface area (Å²) in [5.41, 5.74) is 4.63. The molecule has 0 aliphatic heterocycles. The fourth-order valence-electron chi connectivity index (χ4n) is 2.32. The number of aromatic nitrogens is 2. The molecule has 1 N–H and O–H groups in total. The highest BCUT2D eigenvalue weighted by Gasteiger charge is 2.14. The number of nitrogens with zero attached hydrogens (tertiary/aromatic N) is 2. The van der Waals surface area contributed by atoms with Gasteiger partial charge in [-0.3, -0.25) is 4.79 Å². The van der Waals surface area contributed by atoms with Gasteiger partial charge >= 0.3 is 0 Å². The van der Waals surface area contributed by atoms with Crippen molar-refractivity contribution in [2.45, 2.75) is 33.7 Å². The molecule has 0 aliphatic rings. The SMILES string of the molecule is Cc1ccc(CNC(=O)Cc2nnc(-c3sccc3C)o2)cc1C. The van der Waals surface area contributed by atoms with E-state index in [2.05, 4.69) is 41.5 Å². The Bertz CT molecular complexity index is 867. The molecule has 0 unspecified atom stereocenters. The van der Waals surface area contributed by atoms with Crippen molar-refractivity contribution >= 4 is 17.2 Å². The molecular formula is C18H19N3O2S. The predicted octanol–water partition coefficient (Wildman–Crippen LogP) is 3.58. The van der Waals surface area contributed by atoms with Crippen LogP contribution in [0.5, 0.6) is 0 Å². The Morgan fingerprint density at radius 2 is 1.96 bits per heavy atom. The fourth-order valence-corrected chi connectivity index (χ4v) is 3.17. The van der Waals surface area contributed by atoms with Gasteiger partial charge in [0.2, 0.25) is 11.8 Å². The number of thiophene rings is 1. The molecular weight excluding hydrogens is 322 g/mol. The van der Waals surface area contributed by atoms with Crippen LogP contribution in [-0.4, -0.2) is 16.1 Å². The minimum Gasteiger partial charge on any atom is -0.419 e. The summed E-state index contributed by atoms with van der Waals surface area (Å²) >= 11 is 1.55. The van der Waals surface area contributed by atoms with Crippen LogP contribution in [0.25, 0.3) is 10.8 Å². The number of hydrogen-bond donors (Lipinski definition) is 1. The third-order valence-electron chi connectivity index (χ3n) is 3.90. The Morgan fingerprint density at radius 3 is 2.67 bits per heavy atom. The predicted molar refractivity (Wildman–Crippen MR) is 93.8 cm³/mol. The van der Waals surface area contributed by atoms with Gasteiger partial charge < -0.3 is 9.73 Å². The molecule has 1 amide bonds. The van der Waals surface area contributed by atoms with E-state index >= 15 is 0 Å². The number of hydrogen-bond acceptors (Lipinski definition) is 5. The molecule has 5 nitrogen and oxygen atoms in total. The van der Waals surface area contributed by atoms with Crippen LogP contribution in [0.1, 0.15) is 28.1 Å². The van der Waals surface area contributed by atoms with Gasteiger partial charge in [0.15, 0.2) is 0 Å². The monoisotopic (exact) mass is 341 g/mol. The van der Waals surface area contributed by atoms with Gasteiger partial charge in [0.05, 0.1) is 4.88 Å². The average molecular weight is 341 g/mol. The Kier molecular flexibility index (Phi) is 4.76. The fraction of sp³-hybridized carbons (Fsp3) is 0.278. The normalized spacial score (nSPS) is 10.8. The second kappa shape index (κ2) is 6.97. The first kappa shape index (κ1) is 16.4. The molecule has 2 heterocycles. The van der Waals surface area contributed by atoms with Crippen LogP contribution in [0, 0.1) is 20.8 Å². The van der Waals surface area contributed by atoms with Gasteiger partial charge in [-0.25, -0.2) is 0 Å². The summed E-state index contributed by atoms with van der Waals surface area (Å²) in [7, 11) is 0. The molecule has 1 aromatic carbocycles. The van der Waals surface area contributed by atoms with Crippen LogP contribution in [0.15, 0.2) is 34.1 Å². The van der Waals surface area contributed by atoms with Gasteiger partial charge in [-0.15, -0.1) is 21.5 Å². The van der Waals surface area contributed by atoms with E-state index in [9.17, 15) is 4.79 Å². The number of rotatable bonds is 5. The van der Waals surface area contributed by atoms with Crippen molar-refractivity contribution in [1.29, 1.82) is 0 Å². The molecule has 0 bridgehead atoms. The van der Waals surface area contributed by atoms with Crippen LogP contribution in [-0.2, 0) is 17.8 Å². The molecule has 6 heteroatoms. The molecule has 0 fully saturated rings. The summed E-state index contributed by atoms with van der Waals surface area (Å²) in [6.45, 7) is 6.62. The summed E-state index contributed by atoms with van der Waals surface area (Å²) < 4.78 is 5.59. The van der Waals surface area contributed by atoms with E-state index in [1.165, 1.54) is 11.1 Å². The van der Waals surface area contributed by atoms with Crippen LogP contribution >= 0.6 is 11.3 Å². The van der Waals surface area contributed by atoms with Gasteiger partial charge in [-0.2, -0.15) is 0 Å². The Labute approximate surface area is 144 Å². The Morgan fingerprint density at radius 1 is 1.12 bits per heavy atom. The van der Waals surface area contributed by atoms with E-state index in [0.29, 0.717) is 18.3 Å². The van der Waals surface area contributed by atoms with Crippen molar-refractivity contribution in [1.82, 2.24) is 15.5 Å². The minimum absolute atomic E-state index is 0.0856. The molecule has 0 aliphatic carbocycles. The van der Waals surface area contributed by atoms with Gasteiger partial charge in [0, 0.05) is 6.54 Å². The third-order valence-corrected chi connectivity index (χ3v) is 4.90. The second-order valence-corrected chi connectivity index (χ2v) is 6.72. The van der Waals surface area contributed by atoms with Crippen molar-refractivity contribution in [3.63, 3.8) is 0 Å². The van der Waals surface area contributed by atoms with Crippen molar-refractivity contribution in [3.8, 4) is 10.8 Å². The molecule has 24 heavy (non-hydrogen) atoms. The van der Waals surface area contributed by atoms with Crippen molar-refractivity contribution < 1.29 is 9.21 Å². The Hall–Kier alpha value is -2.47. The number of nitrogens with one attached hydrogen (secondary N) is 1. The zero-order valence-corrected chi connectivity index (χ0v) is 14.7. The number of aryl methyl sites for hydroxylation is 3. The van der Waals surface area contributed by atoms with Crippen LogP contribution < -0.4 is 5.32 Å². The maximum Gasteiger partial charge on any atom is 0.258 e. The summed E-state index contributed by atoms with van der Waals surface area (Å²) in [5.74, 6) is 0.668. The smallest absolute Gasteiger partial charge is 0.258 e. The van der Waals surface area contributed by atoms with E-state index < -0.39 is 0 Å². The van der Waals surface area contributed by atoms with Crippen LogP contribution in [0.3, 0.4) is 0 Å². The summed E-state index contributed by atoms with van der Waals surface area (Å²) in [4.78, 5) is 13.0. The lowest BCUT2D eigenvalue weighted by atomic mass is 10.1. The highest BCUT2D eigenvalue weighted by atomic mass is 32.1. The first-order valence-corrected chi connectivity index (χ1v) is 8.60. The zero-order chi connectivity index (χ0) is 17.1. The molecule has 3 rings (SSSR count). The van der Waals surface area contributed by atoms with Gasteiger partial charge in [-0.1, -0.05) is 18.2 Å². The quantitative estimate of drug-likeness (QED) is 0.770. The highest BCUT2D eigenvalue weighted by molar-refractivity contribution is 7.13. The van der Waals surface area contributed by atoms with E-state index in [-0.39, 0.29) is 12.3 Å². The number of amides is 1. The van der Waals surface area contributed by atoms with E-state index in [4.69, 9.17) is 4.42 Å². The van der Waals surface area contributed by atoms with Crippen molar-refractivity contribution in [2.75, 3.05) is 0 Å². The first-order valence-electron chi connectivity index (χ1n) is 7.72.